The van der Waals surface area contributed by atoms with E-state index >= 15 is 0 Å². The topological polar surface area (TPSA) is 71.5 Å². The predicted octanol–water partition coefficient (Wildman–Crippen LogP) is 6.14. The number of nitrogens with one attached hydrogen (secondary N) is 1. The van der Waals surface area contributed by atoms with Crippen LogP contribution in [0.5, 0.6) is 5.75 Å². The minimum atomic E-state index is -2.49. The van der Waals surface area contributed by atoms with Gasteiger partial charge in [0, 0.05) is 40.3 Å². The summed E-state index contributed by atoms with van der Waals surface area (Å²) in [5.41, 5.74) is 2.72. The molecule has 4 atom stereocenters. The van der Waals surface area contributed by atoms with Crippen molar-refractivity contribution in [3.8, 4) is 16.9 Å². The van der Waals surface area contributed by atoms with Crippen LogP contribution in [-0.4, -0.2) is 47.3 Å². The van der Waals surface area contributed by atoms with Crippen LogP contribution < -0.4 is 10.1 Å². The Morgan fingerprint density at radius 2 is 1.85 bits per heavy atom. The van der Waals surface area contributed by atoms with Crippen LogP contribution in [0, 0.1) is 30.1 Å². The molecule has 2 amide bonds. The van der Waals surface area contributed by atoms with E-state index in [9.17, 15) is 18.4 Å². The Kier molecular flexibility index (Phi) is 8.25. The highest BCUT2D eigenvalue weighted by Gasteiger charge is 2.72. The van der Waals surface area contributed by atoms with Crippen LogP contribution in [-0.2, 0) is 16.1 Å². The minimum Gasteiger partial charge on any atom is -0.488 e. The Morgan fingerprint density at radius 3 is 2.51 bits per heavy atom. The number of thiophene rings is 1. The fourth-order valence-corrected chi connectivity index (χ4v) is 7.29. The molecule has 0 radical (unpaired) electrons. The number of likely N-dealkylation sites (tertiary alicyclic amines) is 1. The standard InChI is InChI=1S/C27H26ClF2N3O3S.2ClH/c1-12-6-13(28)7-16(22(12)36-19-10-31-9-17(19)24(29)30)15-4-5-32-18-8-14(37-23(15)18)11-33-25(34)20-21(26(33)35)27(20,2)3;;/h4-8,17,19-21,24,31H,9-11H2,1-3H3;2*1H/t17-,19+,20?,21?;;/m0../s1. The molecule has 39 heavy (non-hydrogen) atoms. The lowest BCUT2D eigenvalue weighted by atomic mass is 10.0. The Morgan fingerprint density at radius 1 is 1.15 bits per heavy atom. The average Bonchev–Trinajstić information content (AvgIpc) is 3.24. The van der Waals surface area contributed by atoms with E-state index in [2.05, 4.69) is 10.3 Å². The second-order valence-corrected chi connectivity index (χ2v) is 12.3. The maximum absolute atomic E-state index is 13.6. The third-order valence-corrected chi connectivity index (χ3v) is 9.35. The number of benzene rings is 1. The molecule has 3 fully saturated rings. The van der Waals surface area contributed by atoms with Gasteiger partial charge in [0.2, 0.25) is 18.2 Å². The molecule has 210 valence electrons. The number of alkyl halides is 2. The van der Waals surface area contributed by atoms with Crippen molar-refractivity contribution in [1.29, 1.82) is 0 Å². The molecule has 2 aromatic heterocycles. The van der Waals surface area contributed by atoms with E-state index in [0.717, 1.165) is 26.2 Å². The maximum atomic E-state index is 13.6. The number of hydrogen-bond acceptors (Lipinski definition) is 6. The summed E-state index contributed by atoms with van der Waals surface area (Å²) in [5, 5.41) is 3.51. The summed E-state index contributed by atoms with van der Waals surface area (Å²) < 4.78 is 34.3. The maximum Gasteiger partial charge on any atom is 0.246 e. The van der Waals surface area contributed by atoms with Gasteiger partial charge in [-0.05, 0) is 42.2 Å². The summed E-state index contributed by atoms with van der Waals surface area (Å²) >= 11 is 7.88. The van der Waals surface area contributed by atoms with Gasteiger partial charge < -0.3 is 10.1 Å². The first kappa shape index (κ1) is 29.9. The van der Waals surface area contributed by atoms with Gasteiger partial charge in [-0.25, -0.2) is 8.78 Å². The van der Waals surface area contributed by atoms with Crippen LogP contribution in [0.15, 0.2) is 30.5 Å². The van der Waals surface area contributed by atoms with Gasteiger partial charge in [0.15, 0.2) is 0 Å². The molecule has 4 heterocycles. The van der Waals surface area contributed by atoms with Gasteiger partial charge in [-0.3, -0.25) is 19.5 Å². The molecule has 1 aromatic carbocycles. The zero-order chi connectivity index (χ0) is 26.2. The van der Waals surface area contributed by atoms with E-state index in [1.165, 1.54) is 16.2 Å². The molecule has 6 nitrogen and oxygen atoms in total. The first-order chi connectivity index (χ1) is 17.6. The number of fused-ring (bicyclic) bond motifs is 2. The smallest absolute Gasteiger partial charge is 0.246 e. The number of hydrogen-bond donors (Lipinski definition) is 1. The normalized spacial score (nSPS) is 25.1. The highest BCUT2D eigenvalue weighted by atomic mass is 35.5. The highest BCUT2D eigenvalue weighted by Crippen LogP contribution is 2.63. The molecule has 2 saturated heterocycles. The van der Waals surface area contributed by atoms with E-state index < -0.39 is 18.4 Å². The molecule has 3 aliphatic rings. The number of rotatable bonds is 6. The molecule has 1 aliphatic carbocycles. The number of aryl methyl sites for hydroxylation is 1. The number of halogens is 5. The number of imide groups is 1. The van der Waals surface area contributed by atoms with Gasteiger partial charge in [0.1, 0.15) is 11.9 Å². The van der Waals surface area contributed by atoms with E-state index in [-0.39, 0.29) is 67.0 Å². The summed E-state index contributed by atoms with van der Waals surface area (Å²) in [4.78, 5) is 32.4. The largest absolute Gasteiger partial charge is 0.488 e. The van der Waals surface area contributed by atoms with Crippen LogP contribution in [0.2, 0.25) is 5.02 Å². The van der Waals surface area contributed by atoms with E-state index in [0.29, 0.717) is 22.9 Å². The number of carbonyl (C=O) groups is 2. The molecule has 1 saturated carbocycles. The average molecular weight is 619 g/mol. The van der Waals surface area contributed by atoms with Crippen molar-refractivity contribution in [3.05, 3.63) is 45.9 Å². The molecular formula is C27H28Cl3F2N3O3S. The molecule has 1 N–H and O–H groups in total. The fraction of sp³-hybridized carbons (Fsp3) is 0.444. The summed E-state index contributed by atoms with van der Waals surface area (Å²) in [6, 6.07) is 7.28. The van der Waals surface area contributed by atoms with Crippen LogP contribution in [0.4, 0.5) is 8.78 Å². The first-order valence-electron chi connectivity index (χ1n) is 12.3. The van der Waals surface area contributed by atoms with Gasteiger partial charge in [-0.1, -0.05) is 25.4 Å². The van der Waals surface area contributed by atoms with Crippen LogP contribution in [0.25, 0.3) is 21.3 Å². The van der Waals surface area contributed by atoms with Crippen molar-refractivity contribution >= 4 is 69.8 Å². The van der Waals surface area contributed by atoms with Crippen molar-refractivity contribution in [3.63, 3.8) is 0 Å². The van der Waals surface area contributed by atoms with Crippen LogP contribution in [0.1, 0.15) is 24.3 Å². The number of piperidine rings is 1. The van der Waals surface area contributed by atoms with Crippen LogP contribution in [0.3, 0.4) is 0 Å². The first-order valence-corrected chi connectivity index (χ1v) is 13.5. The monoisotopic (exact) mass is 617 g/mol. The Hall–Kier alpha value is -2.04. The third kappa shape index (κ3) is 4.90. The minimum absolute atomic E-state index is 0. The van der Waals surface area contributed by atoms with E-state index in [1.54, 1.807) is 18.3 Å². The number of amides is 2. The second-order valence-electron chi connectivity index (χ2n) is 10.7. The molecule has 0 bridgehead atoms. The van der Waals surface area contributed by atoms with E-state index in [1.807, 2.05) is 32.9 Å². The van der Waals surface area contributed by atoms with Gasteiger partial charge in [-0.2, -0.15) is 0 Å². The molecule has 12 heteroatoms. The zero-order valence-corrected chi connectivity index (χ0v) is 24.6. The SMILES string of the molecule is Cc1cc(Cl)cc(-c2ccnc3cc(CN4C(=O)C5C(C4=O)C5(C)C)sc23)c1O[C@@H]1CNC[C@@H]1C(F)F.Cl.Cl. The van der Waals surface area contributed by atoms with Crippen molar-refractivity contribution in [2.45, 2.75) is 39.8 Å². The van der Waals surface area contributed by atoms with E-state index in [4.69, 9.17) is 16.3 Å². The number of aromatic nitrogens is 1. The molecule has 0 spiro atoms. The highest BCUT2D eigenvalue weighted by molar-refractivity contribution is 7.19. The Bertz CT molecular complexity index is 1430. The van der Waals surface area contributed by atoms with Crippen molar-refractivity contribution in [2.75, 3.05) is 13.1 Å². The molecule has 2 unspecified atom stereocenters. The van der Waals surface area contributed by atoms with Gasteiger partial charge in [0.25, 0.3) is 0 Å². The zero-order valence-electron chi connectivity index (χ0n) is 21.4. The third-order valence-electron chi connectivity index (χ3n) is 7.99. The molecule has 3 aromatic rings. The van der Waals surface area contributed by atoms with Gasteiger partial charge in [0.05, 0.1) is 34.5 Å². The second kappa shape index (κ2) is 10.7. The quantitative estimate of drug-likeness (QED) is 0.336. The summed E-state index contributed by atoms with van der Waals surface area (Å²) in [6.07, 6.45) is -1.48. The lowest BCUT2D eigenvalue weighted by Gasteiger charge is -2.23. The molecule has 6 rings (SSSR count). The van der Waals surface area contributed by atoms with Crippen molar-refractivity contribution in [1.82, 2.24) is 15.2 Å². The molecule has 2 aliphatic heterocycles. The number of nitrogens with zero attached hydrogens (tertiary/aromatic N) is 2. The predicted molar refractivity (Wildman–Crippen MR) is 152 cm³/mol. The lowest BCUT2D eigenvalue weighted by Crippen LogP contribution is -2.35. The number of ether oxygens (including phenoxy) is 1. The van der Waals surface area contributed by atoms with Crippen LogP contribution >= 0.6 is 47.8 Å². The number of carbonyl (C=O) groups excluding carboxylic acids is 2. The lowest BCUT2D eigenvalue weighted by molar-refractivity contribution is -0.143. The summed E-state index contributed by atoms with van der Waals surface area (Å²) in [6.45, 7) is 6.52. The van der Waals surface area contributed by atoms with Gasteiger partial charge >= 0.3 is 0 Å². The summed E-state index contributed by atoms with van der Waals surface area (Å²) in [7, 11) is 0. The van der Waals surface area contributed by atoms with Crippen molar-refractivity contribution in [2.24, 2.45) is 23.2 Å². The Labute approximate surface area is 246 Å². The summed E-state index contributed by atoms with van der Waals surface area (Å²) in [5.74, 6) is -1.05. The number of pyridine rings is 1. The fourth-order valence-electron chi connectivity index (χ4n) is 5.89. The molecular weight excluding hydrogens is 591 g/mol. The van der Waals surface area contributed by atoms with Crippen molar-refractivity contribution < 1.29 is 23.1 Å². The Balaban J connectivity index is 0.00000176. The van der Waals surface area contributed by atoms with Gasteiger partial charge in [-0.15, -0.1) is 36.2 Å².